The molecule has 2 heterocycles. The fourth-order valence-corrected chi connectivity index (χ4v) is 32.2. The maximum absolute atomic E-state index is 2.71. The van der Waals surface area contributed by atoms with Crippen LogP contribution in [0.15, 0.2) is 607 Å². The Hall–Kier alpha value is -18.6. The molecule has 26 rings (SSSR count). The minimum absolute atomic E-state index is 1.09. The van der Waals surface area contributed by atoms with E-state index in [1.165, 1.54) is 173 Å². The first-order valence-electron chi connectivity index (χ1n) is 50.3. The second-order valence-electron chi connectivity index (χ2n) is 37.7. The van der Waals surface area contributed by atoms with Gasteiger partial charge < -0.3 is 18.9 Å². The maximum atomic E-state index is 2.40. The van der Waals surface area contributed by atoms with E-state index in [0.29, 0.717) is 0 Å². The summed E-state index contributed by atoms with van der Waals surface area (Å²) in [6.07, 6.45) is 0. The van der Waals surface area contributed by atoms with Gasteiger partial charge >= 0.3 is 0 Å². The van der Waals surface area contributed by atoms with Crippen molar-refractivity contribution in [2.75, 3.05) is 9.80 Å². The molecular formula is C140H100N4Si2. The molecule has 688 valence electrons. The molecule has 24 aromatic carbocycles. The van der Waals surface area contributed by atoms with Crippen LogP contribution in [0.3, 0.4) is 0 Å². The van der Waals surface area contributed by atoms with Crippen LogP contribution in [0.4, 0.5) is 34.1 Å². The van der Waals surface area contributed by atoms with E-state index < -0.39 is 16.1 Å². The second kappa shape index (κ2) is 39.1. The molecule has 0 radical (unpaired) electrons. The molecule has 0 unspecified atom stereocenters. The first kappa shape index (κ1) is 88.8. The SMILES string of the molecule is c1ccc(-n2c3ccccc3c3c(-c4ccc(-c5ccc(N(c6ccc(-c7ccc8ccccc8c7)cc6)c6ccc([Si](c7ccccc7)(c7ccccc7)c7ccccc7)cc6)cc5)cc4)cccc32)cc1.c1ccc(-n2c3ccccc3c3c(-c4ccc(-c5ccc(N(c6ccc(-c7cccc8ccccc78)cc6)c6ccc([Si](c7ccccc7)(c7ccccc7)c7ccccc7)cc6)cc5)cc4)cccc32)cc1. The molecule has 4 nitrogen and oxygen atoms in total. The summed E-state index contributed by atoms with van der Waals surface area (Å²) in [5.41, 5.74) is 28.1. The molecule has 0 amide bonds. The molecule has 0 spiro atoms. The summed E-state index contributed by atoms with van der Waals surface area (Å²) in [6, 6.07) is 223. The molecule has 2 aromatic heterocycles. The molecule has 6 heteroatoms. The Kier molecular flexibility index (Phi) is 23.8. The Labute approximate surface area is 854 Å². The summed E-state index contributed by atoms with van der Waals surface area (Å²) < 4.78 is 4.77. The zero-order valence-corrected chi connectivity index (χ0v) is 82.5. The number of anilines is 6. The highest BCUT2D eigenvalue weighted by molar-refractivity contribution is 7.20. The molecule has 0 aliphatic rings. The van der Waals surface area contributed by atoms with Crippen LogP contribution in [-0.2, 0) is 0 Å². The molecule has 0 N–H and O–H groups in total. The van der Waals surface area contributed by atoms with Crippen LogP contribution in [0.2, 0.25) is 0 Å². The Morgan fingerprint density at radius 1 is 0.137 bits per heavy atom. The molecule has 0 atom stereocenters. The van der Waals surface area contributed by atoms with E-state index in [1.807, 2.05) is 0 Å². The van der Waals surface area contributed by atoms with Crippen molar-refractivity contribution in [1.82, 2.24) is 9.13 Å². The largest absolute Gasteiger partial charge is 0.311 e. The third kappa shape index (κ3) is 16.4. The lowest BCUT2D eigenvalue weighted by Gasteiger charge is -2.35. The summed E-state index contributed by atoms with van der Waals surface area (Å²) >= 11 is 0. The van der Waals surface area contributed by atoms with E-state index in [0.717, 1.165) is 45.5 Å². The van der Waals surface area contributed by atoms with Crippen LogP contribution in [0.5, 0.6) is 0 Å². The number of benzene rings is 24. The normalized spacial score (nSPS) is 11.6. The smallest absolute Gasteiger partial charge is 0.179 e. The Morgan fingerprint density at radius 2 is 0.363 bits per heavy atom. The first-order valence-corrected chi connectivity index (χ1v) is 54.3. The standard InChI is InChI=1S/2C70H50N2Si/c1-5-21-56(22-6-1)72-68-33-16-15-30-67(68)70-66(32-18-34-69(70)72)55-37-35-51(36-38-55)52-39-43-57(44-40-52)71(58-45-41-54(42-46-58)65-31-17-20-53-19-13-14-29-64(53)65)59-47-49-63(50-48-59)73(60-23-7-2-8-24-60,61-25-9-3-10-26-61)62-27-11-4-12-28-62;1-5-20-58(21-6-1)72-68-30-16-15-28-67(68)70-66(29-17-31-69(70)72)55-35-32-52(33-36-55)53-38-42-59(43-39-53)71(60-44-40-54(41-45-60)57-37-34-51-18-13-14-19-56(51)50-57)61-46-48-65(49-47-61)73(62-22-7-2-8-23-62,63-24-9-3-10-25-63)64-26-11-4-12-27-64/h2*1-50H. The van der Waals surface area contributed by atoms with Crippen molar-refractivity contribution in [1.29, 1.82) is 0 Å². The van der Waals surface area contributed by atoms with Gasteiger partial charge in [-0.25, -0.2) is 0 Å². The van der Waals surface area contributed by atoms with Gasteiger partial charge in [-0.3, -0.25) is 0 Å². The molecule has 146 heavy (non-hydrogen) atoms. The van der Waals surface area contributed by atoms with Crippen molar-refractivity contribution in [2.24, 2.45) is 0 Å². The second-order valence-corrected chi connectivity index (χ2v) is 45.3. The van der Waals surface area contributed by atoms with Crippen molar-refractivity contribution in [3.63, 3.8) is 0 Å². The number of aromatic nitrogens is 2. The van der Waals surface area contributed by atoms with Gasteiger partial charge in [0.25, 0.3) is 0 Å². The van der Waals surface area contributed by atoms with Gasteiger partial charge in [-0.1, -0.05) is 479 Å². The Morgan fingerprint density at radius 3 is 0.719 bits per heavy atom. The van der Waals surface area contributed by atoms with Crippen molar-refractivity contribution >= 4 is 157 Å². The average molecular weight is 1890 g/mol. The van der Waals surface area contributed by atoms with E-state index in [4.69, 9.17) is 0 Å². The number of nitrogens with zero attached hydrogens (tertiary/aromatic N) is 4. The highest BCUT2D eigenvalue weighted by atomic mass is 28.3. The van der Waals surface area contributed by atoms with E-state index in [-0.39, 0.29) is 0 Å². The first-order chi connectivity index (χ1) is 72.4. The van der Waals surface area contributed by atoms with Crippen LogP contribution in [0.1, 0.15) is 0 Å². The van der Waals surface area contributed by atoms with E-state index in [1.54, 1.807) is 0 Å². The number of hydrogen-bond acceptors (Lipinski definition) is 2. The predicted octanol–water partition coefficient (Wildman–Crippen LogP) is 31.6. The summed E-state index contributed by atoms with van der Waals surface area (Å²) in [6.45, 7) is 0. The predicted molar refractivity (Wildman–Crippen MR) is 626 cm³/mol. The van der Waals surface area contributed by atoms with Crippen LogP contribution < -0.4 is 51.3 Å². The molecular weight excluding hydrogens is 1790 g/mol. The fourth-order valence-electron chi connectivity index (χ4n) is 22.7. The van der Waals surface area contributed by atoms with Crippen molar-refractivity contribution in [3.8, 4) is 78.1 Å². The summed E-state index contributed by atoms with van der Waals surface area (Å²) in [5, 5.41) is 20.9. The molecule has 26 aromatic rings. The van der Waals surface area contributed by atoms with Crippen LogP contribution >= 0.6 is 0 Å². The van der Waals surface area contributed by atoms with Crippen molar-refractivity contribution in [3.05, 3.63) is 607 Å². The van der Waals surface area contributed by atoms with E-state index >= 15 is 0 Å². The maximum Gasteiger partial charge on any atom is 0.179 e. The minimum atomic E-state index is -2.71. The summed E-state index contributed by atoms with van der Waals surface area (Å²) in [4.78, 5) is 4.79. The van der Waals surface area contributed by atoms with Gasteiger partial charge in [0.1, 0.15) is 0 Å². The monoisotopic (exact) mass is 1890 g/mol. The molecule has 0 saturated heterocycles. The number of fused-ring (bicyclic) bond motifs is 8. The van der Waals surface area contributed by atoms with Crippen LogP contribution in [-0.4, -0.2) is 25.3 Å². The molecule has 0 bridgehead atoms. The fraction of sp³-hybridized carbons (Fsp3) is 0. The number of rotatable bonds is 22. The van der Waals surface area contributed by atoms with Gasteiger partial charge in [-0.15, -0.1) is 0 Å². The molecule has 0 aliphatic heterocycles. The third-order valence-corrected chi connectivity index (χ3v) is 39.1. The van der Waals surface area contributed by atoms with Gasteiger partial charge in [0.05, 0.1) is 22.1 Å². The minimum Gasteiger partial charge on any atom is -0.311 e. The number of para-hydroxylation sites is 4. The van der Waals surface area contributed by atoms with Crippen LogP contribution in [0.25, 0.3) is 143 Å². The average Bonchev–Trinajstić information content (AvgIpc) is 1.47. The third-order valence-electron chi connectivity index (χ3n) is 29.5. The zero-order chi connectivity index (χ0) is 97.1. The highest BCUT2D eigenvalue weighted by Gasteiger charge is 2.43. The lowest BCUT2D eigenvalue weighted by atomic mass is 9.96. The highest BCUT2D eigenvalue weighted by Crippen LogP contribution is 2.45. The molecule has 0 saturated carbocycles. The summed E-state index contributed by atoms with van der Waals surface area (Å²) in [7, 11) is -5.42. The van der Waals surface area contributed by atoms with Crippen molar-refractivity contribution < 1.29 is 0 Å². The number of hydrogen-bond donors (Lipinski definition) is 0. The van der Waals surface area contributed by atoms with Gasteiger partial charge in [0.15, 0.2) is 16.1 Å². The zero-order valence-electron chi connectivity index (χ0n) is 80.5. The van der Waals surface area contributed by atoms with Gasteiger partial charge in [0, 0.05) is 67.0 Å². The van der Waals surface area contributed by atoms with Crippen LogP contribution in [0, 0.1) is 0 Å². The topological polar surface area (TPSA) is 16.3 Å². The molecule has 0 aliphatic carbocycles. The van der Waals surface area contributed by atoms with Gasteiger partial charge in [-0.2, -0.15) is 0 Å². The lowest BCUT2D eigenvalue weighted by molar-refractivity contribution is 1.18. The quantitative estimate of drug-likeness (QED) is 0.0497. The van der Waals surface area contributed by atoms with Gasteiger partial charge in [0.2, 0.25) is 0 Å². The van der Waals surface area contributed by atoms with Crippen molar-refractivity contribution in [2.45, 2.75) is 0 Å². The summed E-state index contributed by atoms with van der Waals surface area (Å²) in [5.74, 6) is 0. The molecule has 0 fully saturated rings. The Balaban J connectivity index is 0.000000152. The van der Waals surface area contributed by atoms with Gasteiger partial charge in [-0.05, 0) is 257 Å². The van der Waals surface area contributed by atoms with E-state index in [9.17, 15) is 0 Å². The Bertz CT molecular complexity index is 8910. The lowest BCUT2D eigenvalue weighted by Crippen LogP contribution is -2.74. The van der Waals surface area contributed by atoms with E-state index in [2.05, 4.69) is 626 Å².